The zero-order chi connectivity index (χ0) is 20.9. The summed E-state index contributed by atoms with van der Waals surface area (Å²) in [4.78, 5) is 4.92. The smallest absolute Gasteiger partial charge is 0.0761 e. The summed E-state index contributed by atoms with van der Waals surface area (Å²) in [5.74, 6) is 0.734. The van der Waals surface area contributed by atoms with Crippen molar-refractivity contribution in [2.45, 2.75) is 49.0 Å². The van der Waals surface area contributed by atoms with Crippen molar-refractivity contribution in [1.29, 1.82) is 0 Å². The topological polar surface area (TPSA) is 67.8 Å². The summed E-state index contributed by atoms with van der Waals surface area (Å²) < 4.78 is 5.60. The minimum atomic E-state index is 0.0834. The van der Waals surface area contributed by atoms with Crippen LogP contribution >= 0.6 is 0 Å². The first-order valence-corrected chi connectivity index (χ1v) is 11.2. The minimum absolute atomic E-state index is 0.0834. The van der Waals surface area contributed by atoms with E-state index in [9.17, 15) is 0 Å². The van der Waals surface area contributed by atoms with Gasteiger partial charge in [-0.25, -0.2) is 0 Å². The Morgan fingerprint density at radius 2 is 1.67 bits per heavy atom. The molecule has 5 atom stereocenters. The first-order valence-electron chi connectivity index (χ1n) is 11.2. The number of likely N-dealkylation sites (tertiary alicyclic amines) is 2. The summed E-state index contributed by atoms with van der Waals surface area (Å²) in [6.07, 6.45) is 0. The Kier molecular flexibility index (Phi) is 5.20. The second kappa shape index (κ2) is 7.74. The van der Waals surface area contributed by atoms with Crippen molar-refractivity contribution < 1.29 is 4.74 Å². The molecule has 2 aromatic carbocycles. The minimum Gasteiger partial charge on any atom is -0.377 e. The molecule has 0 radical (unpaired) electrons. The number of nitrogens with two attached hydrogens (primary N) is 2. The molecule has 30 heavy (non-hydrogen) atoms. The van der Waals surface area contributed by atoms with E-state index < -0.39 is 0 Å². The maximum atomic E-state index is 6.61. The molecule has 2 aromatic rings. The van der Waals surface area contributed by atoms with E-state index in [0.29, 0.717) is 17.9 Å². The van der Waals surface area contributed by atoms with Crippen LogP contribution in [0.25, 0.3) is 0 Å². The predicted octanol–water partition coefficient (Wildman–Crippen LogP) is 2.13. The van der Waals surface area contributed by atoms with Crippen LogP contribution in [0.2, 0.25) is 0 Å². The van der Waals surface area contributed by atoms with E-state index in [1.54, 1.807) is 0 Å². The fourth-order valence-electron chi connectivity index (χ4n) is 5.93. The van der Waals surface area contributed by atoms with E-state index in [2.05, 4.69) is 78.4 Å². The molecule has 3 aliphatic rings. The van der Waals surface area contributed by atoms with Crippen LogP contribution < -0.4 is 11.5 Å². The Hall–Kier alpha value is -1.76. The van der Waals surface area contributed by atoms with Crippen LogP contribution in [0, 0.1) is 0 Å². The van der Waals surface area contributed by atoms with Crippen LogP contribution in [0.15, 0.2) is 54.6 Å². The van der Waals surface area contributed by atoms with Gasteiger partial charge in [-0.3, -0.25) is 9.80 Å². The summed E-state index contributed by atoms with van der Waals surface area (Å²) in [5.41, 5.74) is 17.3. The quantitative estimate of drug-likeness (QED) is 0.814. The van der Waals surface area contributed by atoms with Crippen LogP contribution in [0.5, 0.6) is 0 Å². The molecule has 0 amide bonds. The van der Waals surface area contributed by atoms with E-state index in [1.807, 2.05) is 0 Å². The van der Waals surface area contributed by atoms with Crippen molar-refractivity contribution in [2.24, 2.45) is 11.5 Å². The zero-order valence-electron chi connectivity index (χ0n) is 18.1. The highest BCUT2D eigenvalue weighted by atomic mass is 16.5. The highest BCUT2D eigenvalue weighted by Crippen LogP contribution is 2.45. The molecule has 5 rings (SSSR count). The van der Waals surface area contributed by atoms with Crippen molar-refractivity contribution in [2.75, 3.05) is 33.4 Å². The van der Waals surface area contributed by atoms with Crippen LogP contribution in [-0.2, 0) is 11.3 Å². The Bertz CT molecular complexity index is 866. The summed E-state index contributed by atoms with van der Waals surface area (Å²) in [5, 5.41) is 0. The SMILES string of the molecule is C[C@@H]1[C@H](N)[C@@H](c2ccccc2)CN1Cc1ccc([C@@H]2[C@@H](N)CN(C)C23COC3)cc1. The number of nitrogens with zero attached hydrogens (tertiary/aromatic N) is 2. The van der Waals surface area contributed by atoms with Crippen molar-refractivity contribution in [1.82, 2.24) is 9.80 Å². The lowest BCUT2D eigenvalue weighted by Crippen LogP contribution is -2.60. The summed E-state index contributed by atoms with van der Waals surface area (Å²) in [6, 6.07) is 20.5. The van der Waals surface area contributed by atoms with Gasteiger partial charge >= 0.3 is 0 Å². The van der Waals surface area contributed by atoms with E-state index in [-0.39, 0.29) is 17.6 Å². The van der Waals surface area contributed by atoms with E-state index in [1.165, 1.54) is 16.7 Å². The van der Waals surface area contributed by atoms with Gasteiger partial charge in [0.25, 0.3) is 0 Å². The van der Waals surface area contributed by atoms with E-state index >= 15 is 0 Å². The van der Waals surface area contributed by atoms with Gasteiger partial charge in [0.1, 0.15) is 0 Å². The van der Waals surface area contributed by atoms with Crippen LogP contribution in [0.4, 0.5) is 0 Å². The molecule has 5 nitrogen and oxygen atoms in total. The monoisotopic (exact) mass is 406 g/mol. The number of rotatable bonds is 4. The average Bonchev–Trinajstić information content (AvgIpc) is 3.16. The number of hydrogen-bond donors (Lipinski definition) is 2. The molecule has 160 valence electrons. The first kappa shape index (κ1) is 20.2. The second-order valence-electron chi connectivity index (χ2n) is 9.62. The van der Waals surface area contributed by atoms with Gasteiger partial charge in [0.2, 0.25) is 0 Å². The molecule has 3 saturated heterocycles. The Labute approximate surface area is 180 Å². The molecular formula is C25H34N4O. The molecule has 0 bridgehead atoms. The highest BCUT2D eigenvalue weighted by molar-refractivity contribution is 5.34. The lowest BCUT2D eigenvalue weighted by molar-refractivity contribution is -0.123. The standard InChI is InChI=1S/C25H34N4O/c1-17-24(27)21(19-6-4-3-5-7-19)13-29(17)12-18-8-10-20(11-9-18)23-22(26)14-28(2)25(23)15-30-16-25/h3-11,17,21-24H,12-16,26-27H2,1-2H3/t17-,21-,22+,23-,24+/m1/s1. The maximum absolute atomic E-state index is 6.61. The summed E-state index contributed by atoms with van der Waals surface area (Å²) in [6.45, 7) is 6.70. The Morgan fingerprint density at radius 3 is 2.30 bits per heavy atom. The van der Waals surface area contributed by atoms with Gasteiger partial charge < -0.3 is 16.2 Å². The van der Waals surface area contributed by atoms with Gasteiger partial charge in [0, 0.05) is 49.6 Å². The number of likely N-dealkylation sites (N-methyl/N-ethyl adjacent to an activating group) is 1. The number of benzene rings is 2. The fourth-order valence-corrected chi connectivity index (χ4v) is 5.93. The molecule has 0 unspecified atom stereocenters. The van der Waals surface area contributed by atoms with Crippen LogP contribution in [-0.4, -0.2) is 66.8 Å². The van der Waals surface area contributed by atoms with Crippen molar-refractivity contribution in [3.8, 4) is 0 Å². The van der Waals surface area contributed by atoms with Crippen LogP contribution in [0.3, 0.4) is 0 Å². The molecule has 3 aliphatic heterocycles. The van der Waals surface area contributed by atoms with Crippen molar-refractivity contribution >= 4 is 0 Å². The number of hydrogen-bond acceptors (Lipinski definition) is 5. The molecular weight excluding hydrogens is 372 g/mol. The predicted molar refractivity (Wildman–Crippen MR) is 120 cm³/mol. The number of ether oxygens (including phenoxy) is 1. The molecule has 4 N–H and O–H groups in total. The average molecular weight is 407 g/mol. The zero-order valence-corrected chi connectivity index (χ0v) is 18.1. The molecule has 5 heteroatoms. The molecule has 1 spiro atoms. The van der Waals surface area contributed by atoms with Gasteiger partial charge in [-0.1, -0.05) is 54.6 Å². The third kappa shape index (κ3) is 3.20. The normalized spacial score (nSPS) is 33.8. The Balaban J connectivity index is 1.30. The maximum Gasteiger partial charge on any atom is 0.0761 e. The lowest BCUT2D eigenvalue weighted by Gasteiger charge is -2.47. The van der Waals surface area contributed by atoms with Gasteiger partial charge in [-0.2, -0.15) is 0 Å². The first-order chi connectivity index (χ1) is 14.5. The molecule has 3 fully saturated rings. The van der Waals surface area contributed by atoms with E-state index in [0.717, 1.165) is 32.8 Å². The van der Waals surface area contributed by atoms with E-state index in [4.69, 9.17) is 16.2 Å². The van der Waals surface area contributed by atoms with Crippen LogP contribution in [0.1, 0.15) is 35.4 Å². The third-order valence-corrected chi connectivity index (χ3v) is 7.94. The van der Waals surface area contributed by atoms with Crippen molar-refractivity contribution in [3.63, 3.8) is 0 Å². The van der Waals surface area contributed by atoms with Gasteiger partial charge in [0.15, 0.2) is 0 Å². The highest BCUT2D eigenvalue weighted by Gasteiger charge is 2.56. The lowest BCUT2D eigenvalue weighted by atomic mass is 9.76. The molecule has 3 heterocycles. The second-order valence-corrected chi connectivity index (χ2v) is 9.62. The van der Waals surface area contributed by atoms with Gasteiger partial charge in [-0.15, -0.1) is 0 Å². The fraction of sp³-hybridized carbons (Fsp3) is 0.520. The van der Waals surface area contributed by atoms with Crippen molar-refractivity contribution in [3.05, 3.63) is 71.3 Å². The largest absolute Gasteiger partial charge is 0.377 e. The van der Waals surface area contributed by atoms with Gasteiger partial charge in [0.05, 0.1) is 18.8 Å². The molecule has 0 aromatic heterocycles. The molecule has 0 aliphatic carbocycles. The molecule has 0 saturated carbocycles. The summed E-state index contributed by atoms with van der Waals surface area (Å²) >= 11 is 0. The summed E-state index contributed by atoms with van der Waals surface area (Å²) in [7, 11) is 2.18. The van der Waals surface area contributed by atoms with Gasteiger partial charge in [-0.05, 0) is 30.7 Å². The Morgan fingerprint density at radius 1 is 0.967 bits per heavy atom. The third-order valence-electron chi connectivity index (χ3n) is 7.94.